The van der Waals surface area contributed by atoms with Crippen LogP contribution in [0.25, 0.3) is 0 Å². The highest BCUT2D eigenvalue weighted by molar-refractivity contribution is 6.46. The fourth-order valence-electron chi connectivity index (χ4n) is 9.01. The fourth-order valence-corrected chi connectivity index (χ4v) is 9.01. The number of hydrogen-bond donors (Lipinski definition) is 1. The summed E-state index contributed by atoms with van der Waals surface area (Å²) in [7, 11) is -0.205. The van der Waals surface area contributed by atoms with Crippen molar-refractivity contribution in [1.29, 1.82) is 0 Å². The van der Waals surface area contributed by atoms with Crippen LogP contribution < -0.4 is 0 Å². The van der Waals surface area contributed by atoms with E-state index < -0.39 is 5.60 Å². The first-order chi connectivity index (χ1) is 14.3. The van der Waals surface area contributed by atoms with Gasteiger partial charge in [-0.05, 0) is 93.2 Å². The van der Waals surface area contributed by atoms with Crippen molar-refractivity contribution in [2.75, 3.05) is 6.61 Å². The number of hydrogen-bond acceptors (Lipinski definition) is 4. The molecule has 0 aromatic heterocycles. The van der Waals surface area contributed by atoms with Gasteiger partial charge in [0.1, 0.15) is 5.60 Å². The lowest BCUT2D eigenvalue weighted by molar-refractivity contribution is -0.178. The molecule has 0 aromatic carbocycles. The number of ketones is 1. The number of carbonyl (C=O) groups is 1. The van der Waals surface area contributed by atoms with Crippen molar-refractivity contribution in [3.8, 4) is 0 Å². The Kier molecular flexibility index (Phi) is 5.43. The van der Waals surface area contributed by atoms with Gasteiger partial charge in [0.05, 0.1) is 12.7 Å². The van der Waals surface area contributed by atoms with E-state index in [9.17, 15) is 9.90 Å². The third kappa shape index (κ3) is 2.94. The highest BCUT2D eigenvalue weighted by atomic mass is 16.6. The molecule has 0 unspecified atom stereocenters. The van der Waals surface area contributed by atoms with Crippen LogP contribution in [0, 0.1) is 34.5 Å². The third-order valence-electron chi connectivity index (χ3n) is 10.7. The van der Waals surface area contributed by atoms with Crippen molar-refractivity contribution in [3.05, 3.63) is 0 Å². The number of aliphatic hydroxyl groups is 1. The predicted molar refractivity (Wildman–Crippen MR) is 118 cm³/mol. The topological polar surface area (TPSA) is 55.8 Å². The third-order valence-corrected chi connectivity index (χ3v) is 10.7. The molecule has 5 heteroatoms. The standard InChI is InChI=1S/C25H41BO4/c1-4-5-14-26-29-16-22(28)25(30-26)13-10-21-19-7-6-17-15-18(27)8-11-23(17,2)20(19)9-12-24(21,25)3/h17-21,27H,4-16H2,1-3H3/t17-,18-,19-,20+,21+,23+,24+,25+/m1/s1. The quantitative estimate of drug-likeness (QED) is 0.656. The molecule has 0 bridgehead atoms. The molecule has 0 radical (unpaired) electrons. The largest absolute Gasteiger partial charge is 0.457 e. The van der Waals surface area contributed by atoms with Crippen molar-refractivity contribution in [3.63, 3.8) is 0 Å². The molecule has 30 heavy (non-hydrogen) atoms. The van der Waals surface area contributed by atoms with Crippen LogP contribution >= 0.6 is 0 Å². The van der Waals surface area contributed by atoms with Gasteiger partial charge in [-0.3, -0.25) is 4.79 Å². The Morgan fingerprint density at radius 2 is 1.87 bits per heavy atom. The van der Waals surface area contributed by atoms with E-state index in [1.165, 1.54) is 25.7 Å². The molecular formula is C25H41BO4. The maximum absolute atomic E-state index is 13.3. The molecule has 4 saturated carbocycles. The Hall–Kier alpha value is -0.385. The van der Waals surface area contributed by atoms with E-state index in [1.807, 2.05) is 0 Å². The van der Waals surface area contributed by atoms with Gasteiger partial charge >= 0.3 is 7.12 Å². The van der Waals surface area contributed by atoms with E-state index in [0.717, 1.165) is 57.2 Å². The zero-order valence-electron chi connectivity index (χ0n) is 19.3. The summed E-state index contributed by atoms with van der Waals surface area (Å²) in [6.07, 6.45) is 13.1. The Morgan fingerprint density at radius 1 is 1.07 bits per heavy atom. The molecule has 0 aromatic rings. The lowest BCUT2D eigenvalue weighted by Gasteiger charge is -2.62. The maximum Gasteiger partial charge on any atom is 0.457 e. The van der Waals surface area contributed by atoms with Crippen LogP contribution in [0.2, 0.25) is 6.32 Å². The molecule has 4 nitrogen and oxygen atoms in total. The average molecular weight is 416 g/mol. The van der Waals surface area contributed by atoms with Gasteiger partial charge in [-0.1, -0.05) is 33.6 Å². The van der Waals surface area contributed by atoms with Crippen molar-refractivity contribution in [2.24, 2.45) is 34.5 Å². The Labute approximate surface area is 183 Å². The van der Waals surface area contributed by atoms with Gasteiger partial charge < -0.3 is 14.4 Å². The molecule has 168 valence electrons. The number of unbranched alkanes of at least 4 members (excludes halogenated alkanes) is 1. The second kappa shape index (κ2) is 7.59. The molecule has 5 aliphatic rings. The molecular weight excluding hydrogens is 375 g/mol. The maximum atomic E-state index is 13.3. The highest BCUT2D eigenvalue weighted by Gasteiger charge is 2.69. The van der Waals surface area contributed by atoms with E-state index in [1.54, 1.807) is 0 Å². The van der Waals surface area contributed by atoms with Crippen molar-refractivity contribution in [2.45, 2.75) is 109 Å². The number of Topliss-reactive ketones (excluding diaryl/α,β-unsaturated/α-hetero) is 1. The molecule has 1 N–H and O–H groups in total. The molecule has 1 heterocycles. The number of carbonyl (C=O) groups excluding carboxylic acids is 1. The van der Waals surface area contributed by atoms with E-state index in [2.05, 4.69) is 20.8 Å². The van der Waals surface area contributed by atoms with Crippen LogP contribution in [0.4, 0.5) is 0 Å². The zero-order valence-corrected chi connectivity index (χ0v) is 19.3. The van der Waals surface area contributed by atoms with Crippen molar-refractivity contribution >= 4 is 12.9 Å². The van der Waals surface area contributed by atoms with Gasteiger partial charge in [-0.2, -0.15) is 0 Å². The van der Waals surface area contributed by atoms with Crippen LogP contribution in [0.1, 0.15) is 91.4 Å². The summed E-state index contributed by atoms with van der Waals surface area (Å²) < 4.78 is 12.5. The smallest absolute Gasteiger partial charge is 0.404 e. The number of aliphatic hydroxyl groups excluding tert-OH is 1. The minimum Gasteiger partial charge on any atom is -0.404 e. The molecule has 1 aliphatic heterocycles. The second-order valence-electron chi connectivity index (χ2n) is 11.8. The van der Waals surface area contributed by atoms with Crippen LogP contribution in [0.3, 0.4) is 0 Å². The summed E-state index contributed by atoms with van der Waals surface area (Å²) in [6, 6.07) is 0. The highest BCUT2D eigenvalue weighted by Crippen LogP contribution is 2.69. The summed E-state index contributed by atoms with van der Waals surface area (Å²) in [5, 5.41) is 10.3. The van der Waals surface area contributed by atoms with Gasteiger partial charge in [-0.15, -0.1) is 0 Å². The van der Waals surface area contributed by atoms with Crippen molar-refractivity contribution < 1.29 is 19.2 Å². The van der Waals surface area contributed by atoms with Crippen LogP contribution in [0.5, 0.6) is 0 Å². The van der Waals surface area contributed by atoms with E-state index in [0.29, 0.717) is 23.2 Å². The molecule has 0 amide bonds. The van der Waals surface area contributed by atoms with Gasteiger partial charge in [0, 0.05) is 5.41 Å². The first-order valence-electron chi connectivity index (χ1n) is 12.8. The fraction of sp³-hybridized carbons (Fsp3) is 0.960. The van der Waals surface area contributed by atoms with Gasteiger partial charge in [0.25, 0.3) is 0 Å². The van der Waals surface area contributed by atoms with E-state index >= 15 is 0 Å². The number of rotatable bonds is 3. The van der Waals surface area contributed by atoms with E-state index in [-0.39, 0.29) is 31.0 Å². The summed E-state index contributed by atoms with van der Waals surface area (Å²) in [5.41, 5.74) is -0.278. The van der Waals surface area contributed by atoms with Gasteiger partial charge in [0.2, 0.25) is 0 Å². The van der Waals surface area contributed by atoms with Crippen molar-refractivity contribution in [1.82, 2.24) is 0 Å². The first-order valence-corrected chi connectivity index (χ1v) is 12.8. The summed E-state index contributed by atoms with van der Waals surface area (Å²) in [5.74, 6) is 2.95. The average Bonchev–Trinajstić information content (AvgIpc) is 3.02. The minimum absolute atomic E-state index is 0.0448. The zero-order chi connectivity index (χ0) is 21.1. The second-order valence-corrected chi connectivity index (χ2v) is 11.8. The summed E-state index contributed by atoms with van der Waals surface area (Å²) in [6.45, 7) is 7.35. The lowest BCUT2D eigenvalue weighted by Crippen LogP contribution is -2.63. The Morgan fingerprint density at radius 3 is 2.67 bits per heavy atom. The lowest BCUT2D eigenvalue weighted by atomic mass is 9.44. The normalized spacial score (nSPS) is 50.9. The first kappa shape index (κ1) is 21.5. The number of fused-ring (bicyclic) bond motifs is 6. The molecule has 5 rings (SSSR count). The monoisotopic (exact) mass is 416 g/mol. The van der Waals surface area contributed by atoms with E-state index in [4.69, 9.17) is 9.31 Å². The minimum atomic E-state index is -0.611. The van der Waals surface area contributed by atoms with Gasteiger partial charge in [-0.25, -0.2) is 0 Å². The molecule has 1 spiro atoms. The summed E-state index contributed by atoms with van der Waals surface area (Å²) >= 11 is 0. The molecule has 8 atom stereocenters. The summed E-state index contributed by atoms with van der Waals surface area (Å²) in [4.78, 5) is 13.3. The SMILES string of the molecule is CCCCB1OCC(=O)[C@]2(CC[C@H]3[C@@H]4CC[C@@H]5C[C@H](O)CC[C@]5(C)[C@H]4CC[C@@]32C)O1. The molecule has 5 fully saturated rings. The Balaban J connectivity index is 1.41. The predicted octanol–water partition coefficient (Wildman–Crippen LogP) is 5.03. The van der Waals surface area contributed by atoms with Crippen LogP contribution in [0.15, 0.2) is 0 Å². The van der Waals surface area contributed by atoms with Crippen LogP contribution in [-0.2, 0) is 14.1 Å². The Bertz CT molecular complexity index is 684. The van der Waals surface area contributed by atoms with Crippen LogP contribution in [-0.4, -0.2) is 36.3 Å². The van der Waals surface area contributed by atoms with Gasteiger partial charge in [0.15, 0.2) is 5.78 Å². The molecule has 4 aliphatic carbocycles. The molecule has 1 saturated heterocycles.